The van der Waals surface area contributed by atoms with Gasteiger partial charge in [-0.05, 0) is 44.5 Å². The molecule has 1 heterocycles. The standard InChI is InChI=1S/C21H21ClN4O4/c1-12-10-17(18(29-4)11-16(12)22)23-20(27)14(3)30-21(28)19-13(2)24-26(25-19)15-8-6-5-7-9-15/h5-11,14H,1-4H3,(H,23,27). The highest BCUT2D eigenvalue weighted by Gasteiger charge is 2.24. The van der Waals surface area contributed by atoms with Gasteiger partial charge in [0.15, 0.2) is 11.8 Å². The van der Waals surface area contributed by atoms with E-state index in [1.165, 1.54) is 18.8 Å². The summed E-state index contributed by atoms with van der Waals surface area (Å²) in [6, 6.07) is 12.5. The van der Waals surface area contributed by atoms with Gasteiger partial charge in [-0.25, -0.2) is 4.79 Å². The zero-order valence-corrected chi connectivity index (χ0v) is 17.7. The molecule has 8 nitrogen and oxygen atoms in total. The summed E-state index contributed by atoms with van der Waals surface area (Å²) in [7, 11) is 1.47. The quantitative estimate of drug-likeness (QED) is 0.601. The molecular formula is C21H21ClN4O4. The Kier molecular flexibility index (Phi) is 6.37. The molecule has 3 aromatic rings. The minimum absolute atomic E-state index is 0.0402. The number of aryl methyl sites for hydroxylation is 2. The molecule has 3 rings (SSSR count). The van der Waals surface area contributed by atoms with Gasteiger partial charge in [0, 0.05) is 11.1 Å². The maximum atomic E-state index is 12.5. The summed E-state index contributed by atoms with van der Waals surface area (Å²) >= 11 is 6.08. The topological polar surface area (TPSA) is 95.3 Å². The number of halogens is 1. The summed E-state index contributed by atoms with van der Waals surface area (Å²) in [5.74, 6) is -0.854. The van der Waals surface area contributed by atoms with Crippen molar-refractivity contribution >= 4 is 29.2 Å². The molecule has 1 atom stereocenters. The van der Waals surface area contributed by atoms with Gasteiger partial charge in [-0.2, -0.15) is 9.90 Å². The predicted molar refractivity (Wildman–Crippen MR) is 112 cm³/mol. The van der Waals surface area contributed by atoms with E-state index in [1.54, 1.807) is 26.0 Å². The predicted octanol–water partition coefficient (Wildman–Crippen LogP) is 3.73. The van der Waals surface area contributed by atoms with Crippen LogP contribution >= 0.6 is 11.6 Å². The van der Waals surface area contributed by atoms with Crippen molar-refractivity contribution in [3.8, 4) is 11.4 Å². The summed E-state index contributed by atoms with van der Waals surface area (Å²) in [5, 5.41) is 11.6. The Labute approximate surface area is 178 Å². The lowest BCUT2D eigenvalue weighted by Crippen LogP contribution is -2.30. The molecule has 1 unspecified atom stereocenters. The Morgan fingerprint density at radius 1 is 1.13 bits per heavy atom. The SMILES string of the molecule is COc1cc(Cl)c(C)cc1NC(=O)C(C)OC(=O)c1nn(-c2ccccc2)nc1C. The molecule has 156 valence electrons. The summed E-state index contributed by atoms with van der Waals surface area (Å²) in [4.78, 5) is 26.4. The molecule has 0 bridgehead atoms. The second-order valence-electron chi connectivity index (χ2n) is 6.60. The van der Waals surface area contributed by atoms with Gasteiger partial charge >= 0.3 is 5.97 Å². The van der Waals surface area contributed by atoms with Crippen molar-refractivity contribution in [1.82, 2.24) is 15.0 Å². The molecule has 1 N–H and O–H groups in total. The molecule has 0 fully saturated rings. The van der Waals surface area contributed by atoms with Gasteiger partial charge in [0.25, 0.3) is 5.91 Å². The smallest absolute Gasteiger partial charge is 0.361 e. The minimum atomic E-state index is -1.07. The third kappa shape index (κ3) is 4.60. The number of nitrogens with zero attached hydrogens (tertiary/aromatic N) is 3. The summed E-state index contributed by atoms with van der Waals surface area (Å²) < 4.78 is 10.5. The van der Waals surface area contributed by atoms with E-state index in [9.17, 15) is 9.59 Å². The number of hydrogen-bond acceptors (Lipinski definition) is 6. The number of hydrogen-bond donors (Lipinski definition) is 1. The molecule has 0 spiro atoms. The summed E-state index contributed by atoms with van der Waals surface area (Å²) in [5.41, 5.74) is 2.34. The average molecular weight is 429 g/mol. The van der Waals surface area contributed by atoms with Crippen molar-refractivity contribution in [2.24, 2.45) is 0 Å². The van der Waals surface area contributed by atoms with Crippen molar-refractivity contribution in [2.75, 3.05) is 12.4 Å². The highest BCUT2D eigenvalue weighted by atomic mass is 35.5. The summed E-state index contributed by atoms with van der Waals surface area (Å²) in [6.45, 7) is 4.92. The lowest BCUT2D eigenvalue weighted by atomic mass is 10.2. The first kappa shape index (κ1) is 21.3. The van der Waals surface area contributed by atoms with Crippen LogP contribution in [0.15, 0.2) is 42.5 Å². The van der Waals surface area contributed by atoms with Gasteiger partial charge in [0.2, 0.25) is 0 Å². The van der Waals surface area contributed by atoms with Crippen LogP contribution < -0.4 is 10.1 Å². The number of para-hydroxylation sites is 1. The highest BCUT2D eigenvalue weighted by Crippen LogP contribution is 2.31. The van der Waals surface area contributed by atoms with Crippen molar-refractivity contribution in [3.63, 3.8) is 0 Å². The molecule has 1 amide bonds. The second-order valence-corrected chi connectivity index (χ2v) is 7.00. The lowest BCUT2D eigenvalue weighted by Gasteiger charge is -2.15. The van der Waals surface area contributed by atoms with E-state index in [-0.39, 0.29) is 5.69 Å². The van der Waals surface area contributed by atoms with Gasteiger partial charge in [-0.3, -0.25) is 4.79 Å². The Morgan fingerprint density at radius 2 is 1.83 bits per heavy atom. The van der Waals surface area contributed by atoms with Crippen molar-refractivity contribution in [1.29, 1.82) is 0 Å². The Hall–Kier alpha value is -3.39. The molecule has 30 heavy (non-hydrogen) atoms. The minimum Gasteiger partial charge on any atom is -0.495 e. The van der Waals surface area contributed by atoms with Crippen molar-refractivity contribution in [3.05, 3.63) is 64.4 Å². The Bertz CT molecular complexity index is 1080. The number of carbonyl (C=O) groups excluding carboxylic acids is 2. The maximum Gasteiger partial charge on any atom is 0.361 e. The van der Waals surface area contributed by atoms with Crippen LogP contribution in [0.2, 0.25) is 5.02 Å². The number of esters is 1. The largest absolute Gasteiger partial charge is 0.495 e. The Morgan fingerprint density at radius 3 is 2.50 bits per heavy atom. The third-order valence-corrected chi connectivity index (χ3v) is 4.76. The van der Waals surface area contributed by atoms with Gasteiger partial charge in [0.1, 0.15) is 5.75 Å². The van der Waals surface area contributed by atoms with Gasteiger partial charge in [-0.1, -0.05) is 29.8 Å². The maximum absolute atomic E-state index is 12.5. The van der Waals surface area contributed by atoms with Crippen LogP contribution in [0.1, 0.15) is 28.7 Å². The van der Waals surface area contributed by atoms with Crippen molar-refractivity contribution < 1.29 is 19.1 Å². The molecule has 0 saturated heterocycles. The fourth-order valence-corrected chi connectivity index (χ4v) is 2.83. The van der Waals surface area contributed by atoms with Crippen molar-refractivity contribution in [2.45, 2.75) is 26.9 Å². The third-order valence-electron chi connectivity index (χ3n) is 4.35. The normalized spacial score (nSPS) is 11.6. The van der Waals surface area contributed by atoms with Crippen LogP contribution in [0.5, 0.6) is 5.75 Å². The molecular weight excluding hydrogens is 408 g/mol. The molecule has 0 aliphatic heterocycles. The fourth-order valence-electron chi connectivity index (χ4n) is 2.68. The van der Waals surface area contributed by atoms with E-state index in [0.29, 0.717) is 27.8 Å². The van der Waals surface area contributed by atoms with Crippen LogP contribution in [0.3, 0.4) is 0 Å². The number of rotatable bonds is 6. The van der Waals surface area contributed by atoms with E-state index in [4.69, 9.17) is 21.1 Å². The monoisotopic (exact) mass is 428 g/mol. The average Bonchev–Trinajstić information content (AvgIpc) is 3.12. The number of ether oxygens (including phenoxy) is 2. The molecule has 1 aromatic heterocycles. The van der Waals surface area contributed by atoms with Gasteiger partial charge in [-0.15, -0.1) is 5.10 Å². The molecule has 0 aliphatic rings. The van der Waals surface area contributed by atoms with Crippen LogP contribution in [-0.4, -0.2) is 40.1 Å². The number of carbonyl (C=O) groups is 2. The zero-order valence-electron chi connectivity index (χ0n) is 17.0. The van der Waals surface area contributed by atoms with E-state index >= 15 is 0 Å². The number of benzene rings is 2. The number of methoxy groups -OCH3 is 1. The van der Waals surface area contributed by atoms with E-state index in [2.05, 4.69) is 15.5 Å². The van der Waals surface area contributed by atoms with Gasteiger partial charge in [0.05, 0.1) is 24.2 Å². The molecule has 0 radical (unpaired) electrons. The lowest BCUT2D eigenvalue weighted by molar-refractivity contribution is -0.123. The zero-order chi connectivity index (χ0) is 21.8. The van der Waals surface area contributed by atoms with Crippen LogP contribution in [0, 0.1) is 13.8 Å². The van der Waals surface area contributed by atoms with Crippen LogP contribution in [0.4, 0.5) is 5.69 Å². The summed E-state index contributed by atoms with van der Waals surface area (Å²) in [6.07, 6.45) is -1.07. The highest BCUT2D eigenvalue weighted by molar-refractivity contribution is 6.31. The first-order chi connectivity index (χ1) is 14.3. The molecule has 0 saturated carbocycles. The van der Waals surface area contributed by atoms with E-state index in [0.717, 1.165) is 5.56 Å². The number of nitrogens with one attached hydrogen (secondary N) is 1. The first-order valence-corrected chi connectivity index (χ1v) is 9.53. The molecule has 9 heteroatoms. The number of amides is 1. The van der Waals surface area contributed by atoms with E-state index < -0.39 is 18.0 Å². The number of anilines is 1. The Balaban J connectivity index is 1.71. The molecule has 2 aromatic carbocycles. The first-order valence-electron chi connectivity index (χ1n) is 9.15. The molecule has 0 aliphatic carbocycles. The van der Waals surface area contributed by atoms with Gasteiger partial charge < -0.3 is 14.8 Å². The van der Waals surface area contributed by atoms with E-state index in [1.807, 2.05) is 30.3 Å². The second kappa shape index (κ2) is 8.96. The number of aromatic nitrogens is 3. The van der Waals surface area contributed by atoms with Crippen LogP contribution in [-0.2, 0) is 9.53 Å². The fraction of sp³-hybridized carbons (Fsp3) is 0.238. The van der Waals surface area contributed by atoms with Crippen LogP contribution in [0.25, 0.3) is 5.69 Å².